The van der Waals surface area contributed by atoms with Crippen LogP contribution >= 0.6 is 0 Å². The molecule has 0 aliphatic carbocycles. The number of nitrogens with zero attached hydrogens (tertiary/aromatic N) is 3. The Balaban J connectivity index is 1.48. The first kappa shape index (κ1) is 15.1. The number of hydrogen-bond acceptors (Lipinski definition) is 3. The van der Waals surface area contributed by atoms with Gasteiger partial charge < -0.3 is 10.3 Å². The molecule has 0 saturated heterocycles. The highest BCUT2D eigenvalue weighted by Crippen LogP contribution is 2.15. The van der Waals surface area contributed by atoms with Crippen molar-refractivity contribution in [3.8, 4) is 5.95 Å². The second-order valence-corrected chi connectivity index (χ2v) is 5.97. The maximum absolute atomic E-state index is 12.2. The summed E-state index contributed by atoms with van der Waals surface area (Å²) in [6.07, 6.45) is 3.69. The summed E-state index contributed by atoms with van der Waals surface area (Å²) in [7, 11) is 0. The molecule has 0 unspecified atom stereocenters. The van der Waals surface area contributed by atoms with Crippen LogP contribution in [0, 0.1) is 6.92 Å². The fourth-order valence-electron chi connectivity index (χ4n) is 2.76. The molecule has 0 radical (unpaired) electrons. The molecular formula is C19H17N5O. The van der Waals surface area contributed by atoms with Crippen molar-refractivity contribution in [2.24, 2.45) is 0 Å². The summed E-state index contributed by atoms with van der Waals surface area (Å²) >= 11 is 0. The lowest BCUT2D eigenvalue weighted by atomic mass is 10.1. The molecule has 0 aliphatic rings. The average Bonchev–Trinajstić information content (AvgIpc) is 3.20. The molecule has 4 aromatic rings. The predicted molar refractivity (Wildman–Crippen MR) is 96.7 cm³/mol. The highest BCUT2D eigenvalue weighted by Gasteiger charge is 2.09. The Labute approximate surface area is 144 Å². The van der Waals surface area contributed by atoms with Gasteiger partial charge in [0.1, 0.15) is 0 Å². The Morgan fingerprint density at radius 2 is 2.08 bits per heavy atom. The van der Waals surface area contributed by atoms with E-state index in [1.807, 2.05) is 55.5 Å². The predicted octanol–water partition coefficient (Wildman–Crippen LogP) is 3.24. The van der Waals surface area contributed by atoms with Gasteiger partial charge in [-0.25, -0.2) is 9.67 Å². The monoisotopic (exact) mass is 331 g/mol. The Kier molecular flexibility index (Phi) is 3.78. The number of aromatic nitrogens is 4. The minimum atomic E-state index is -0.0743. The second kappa shape index (κ2) is 6.24. The van der Waals surface area contributed by atoms with Crippen molar-refractivity contribution < 1.29 is 4.79 Å². The summed E-state index contributed by atoms with van der Waals surface area (Å²) in [4.78, 5) is 19.9. The van der Waals surface area contributed by atoms with E-state index in [1.165, 1.54) is 0 Å². The molecule has 0 fully saturated rings. The lowest BCUT2D eigenvalue weighted by Crippen LogP contribution is -2.14. The van der Waals surface area contributed by atoms with Crippen LogP contribution in [0.2, 0.25) is 0 Å². The van der Waals surface area contributed by atoms with Gasteiger partial charge in [0.2, 0.25) is 11.9 Å². The number of aromatic amines is 1. The molecule has 2 aromatic carbocycles. The minimum Gasteiger partial charge on any atom is -0.323 e. The fraction of sp³-hybridized carbons (Fsp3) is 0.105. The number of hydrogen-bond donors (Lipinski definition) is 2. The Hall–Kier alpha value is -3.41. The van der Waals surface area contributed by atoms with E-state index >= 15 is 0 Å². The van der Waals surface area contributed by atoms with Gasteiger partial charge in [-0.15, -0.1) is 0 Å². The molecule has 6 heteroatoms. The maximum atomic E-state index is 12.2. The maximum Gasteiger partial charge on any atom is 0.229 e. The molecule has 1 amide bonds. The summed E-state index contributed by atoms with van der Waals surface area (Å²) < 4.78 is 1.61. The minimum absolute atomic E-state index is 0.0743. The molecule has 4 rings (SSSR count). The molecule has 0 atom stereocenters. The zero-order valence-corrected chi connectivity index (χ0v) is 13.7. The zero-order valence-electron chi connectivity index (χ0n) is 13.7. The van der Waals surface area contributed by atoms with E-state index < -0.39 is 0 Å². The number of H-pyrrole nitrogens is 1. The highest BCUT2D eigenvalue weighted by atomic mass is 16.1. The van der Waals surface area contributed by atoms with Crippen LogP contribution in [0.1, 0.15) is 11.1 Å². The van der Waals surface area contributed by atoms with Crippen LogP contribution in [0.25, 0.3) is 17.0 Å². The SMILES string of the molecule is Cc1cccc(CC(=O)Nc2cnn(-c3nc4ccccc4[nH]3)c2)c1. The van der Waals surface area contributed by atoms with E-state index in [4.69, 9.17) is 0 Å². The summed E-state index contributed by atoms with van der Waals surface area (Å²) in [6.45, 7) is 2.01. The first-order valence-corrected chi connectivity index (χ1v) is 8.02. The summed E-state index contributed by atoms with van der Waals surface area (Å²) in [5.74, 6) is 0.537. The van der Waals surface area contributed by atoms with Crippen molar-refractivity contribution in [2.75, 3.05) is 5.32 Å². The highest BCUT2D eigenvalue weighted by molar-refractivity contribution is 5.92. The largest absolute Gasteiger partial charge is 0.323 e. The summed E-state index contributed by atoms with van der Waals surface area (Å²) in [6, 6.07) is 15.7. The van der Waals surface area contributed by atoms with Crippen LogP contribution in [0.5, 0.6) is 0 Å². The van der Waals surface area contributed by atoms with Crippen molar-refractivity contribution in [3.05, 3.63) is 72.1 Å². The van der Waals surface area contributed by atoms with E-state index in [0.29, 0.717) is 18.1 Å². The van der Waals surface area contributed by atoms with Crippen molar-refractivity contribution in [3.63, 3.8) is 0 Å². The molecule has 0 spiro atoms. The van der Waals surface area contributed by atoms with Crippen LogP contribution in [0.4, 0.5) is 5.69 Å². The van der Waals surface area contributed by atoms with Crippen molar-refractivity contribution in [1.29, 1.82) is 0 Å². The van der Waals surface area contributed by atoms with Gasteiger partial charge in [0, 0.05) is 0 Å². The number of anilines is 1. The van der Waals surface area contributed by atoms with Gasteiger partial charge in [0.15, 0.2) is 0 Å². The fourth-order valence-corrected chi connectivity index (χ4v) is 2.76. The number of imidazole rings is 1. The summed E-state index contributed by atoms with van der Waals surface area (Å²) in [5.41, 5.74) is 4.58. The number of amides is 1. The third-order valence-electron chi connectivity index (χ3n) is 3.91. The van der Waals surface area contributed by atoms with Crippen LogP contribution < -0.4 is 5.32 Å². The van der Waals surface area contributed by atoms with Crippen molar-refractivity contribution in [2.45, 2.75) is 13.3 Å². The number of aryl methyl sites for hydroxylation is 1. The molecule has 2 N–H and O–H groups in total. The smallest absolute Gasteiger partial charge is 0.229 e. The number of nitrogens with one attached hydrogen (secondary N) is 2. The lowest BCUT2D eigenvalue weighted by molar-refractivity contribution is -0.115. The van der Waals surface area contributed by atoms with E-state index in [-0.39, 0.29) is 5.91 Å². The second-order valence-electron chi connectivity index (χ2n) is 5.97. The van der Waals surface area contributed by atoms with Gasteiger partial charge in [-0.1, -0.05) is 42.0 Å². The van der Waals surface area contributed by atoms with E-state index in [2.05, 4.69) is 20.4 Å². The molecule has 25 heavy (non-hydrogen) atoms. The van der Waals surface area contributed by atoms with Crippen LogP contribution in [-0.4, -0.2) is 25.7 Å². The van der Waals surface area contributed by atoms with Crippen molar-refractivity contribution >= 4 is 22.6 Å². The number of carbonyl (C=O) groups excluding carboxylic acids is 1. The molecule has 0 bridgehead atoms. The van der Waals surface area contributed by atoms with E-state index in [9.17, 15) is 4.79 Å². The van der Waals surface area contributed by atoms with Gasteiger partial charge in [0.25, 0.3) is 0 Å². The first-order chi connectivity index (χ1) is 12.2. The number of carbonyl (C=O) groups is 1. The molecule has 2 heterocycles. The van der Waals surface area contributed by atoms with Crippen LogP contribution in [0.3, 0.4) is 0 Å². The van der Waals surface area contributed by atoms with E-state index in [0.717, 1.165) is 22.2 Å². The van der Waals surface area contributed by atoms with Gasteiger partial charge in [-0.3, -0.25) is 4.79 Å². The Morgan fingerprint density at radius 1 is 1.20 bits per heavy atom. The van der Waals surface area contributed by atoms with Gasteiger partial charge in [0.05, 0.1) is 35.5 Å². The molecular weight excluding hydrogens is 314 g/mol. The topological polar surface area (TPSA) is 75.6 Å². The standard InChI is InChI=1S/C19H17N5O/c1-13-5-4-6-14(9-13)10-18(25)21-15-11-20-24(12-15)19-22-16-7-2-3-8-17(16)23-19/h2-9,11-12H,10H2,1H3,(H,21,25)(H,22,23). The number of benzene rings is 2. The van der Waals surface area contributed by atoms with Gasteiger partial charge in [-0.2, -0.15) is 5.10 Å². The Bertz CT molecular complexity index is 1010. The number of fused-ring (bicyclic) bond motifs is 1. The first-order valence-electron chi connectivity index (χ1n) is 8.02. The van der Waals surface area contributed by atoms with Gasteiger partial charge in [-0.05, 0) is 24.6 Å². The third-order valence-corrected chi connectivity index (χ3v) is 3.91. The number of rotatable bonds is 4. The third kappa shape index (κ3) is 3.28. The molecule has 6 nitrogen and oxygen atoms in total. The van der Waals surface area contributed by atoms with Crippen LogP contribution in [0.15, 0.2) is 60.9 Å². The average molecular weight is 331 g/mol. The number of para-hydroxylation sites is 2. The normalized spacial score (nSPS) is 10.9. The van der Waals surface area contributed by atoms with E-state index in [1.54, 1.807) is 17.1 Å². The van der Waals surface area contributed by atoms with Crippen LogP contribution in [-0.2, 0) is 11.2 Å². The molecule has 124 valence electrons. The van der Waals surface area contributed by atoms with Gasteiger partial charge >= 0.3 is 0 Å². The lowest BCUT2D eigenvalue weighted by Gasteiger charge is -2.03. The molecule has 2 aromatic heterocycles. The Morgan fingerprint density at radius 3 is 2.92 bits per heavy atom. The quantitative estimate of drug-likeness (QED) is 0.603. The summed E-state index contributed by atoms with van der Waals surface area (Å²) in [5, 5.41) is 7.13. The zero-order chi connectivity index (χ0) is 17.2. The van der Waals surface area contributed by atoms with Crippen molar-refractivity contribution in [1.82, 2.24) is 19.7 Å². The molecule has 0 saturated carbocycles. The molecule has 0 aliphatic heterocycles.